The Morgan fingerprint density at radius 3 is 2.71 bits per heavy atom. The van der Waals surface area contributed by atoms with Crippen molar-refractivity contribution < 1.29 is 9.50 Å². The number of aryl methyl sites for hydroxylation is 1. The highest BCUT2D eigenvalue weighted by atomic mass is 19.1. The van der Waals surface area contributed by atoms with Crippen LogP contribution in [0, 0.1) is 12.7 Å². The first-order valence-corrected chi connectivity index (χ1v) is 7.11. The lowest BCUT2D eigenvalue weighted by Crippen LogP contribution is -1.98. The van der Waals surface area contributed by atoms with Gasteiger partial charge in [-0.2, -0.15) is 0 Å². The summed E-state index contributed by atoms with van der Waals surface area (Å²) < 4.78 is 16.3. The number of halogens is 1. The van der Waals surface area contributed by atoms with Crippen LogP contribution in [0.15, 0.2) is 36.4 Å². The van der Waals surface area contributed by atoms with Crippen molar-refractivity contribution in [1.82, 2.24) is 9.55 Å². The standard InChI is InChI=1S/C17H15FN2O/c1-10-2-7-16-15(8-10)19-17(20(16)11-3-4-11)13-6-5-12(21)9-14(13)18/h2,5-9,11,21H,3-4H2,1H3. The molecule has 1 aromatic heterocycles. The molecule has 1 aliphatic carbocycles. The molecule has 4 heteroatoms. The minimum Gasteiger partial charge on any atom is -0.508 e. The second-order valence-electron chi connectivity index (χ2n) is 5.69. The number of aromatic nitrogens is 2. The molecule has 1 heterocycles. The van der Waals surface area contributed by atoms with Crippen molar-refractivity contribution in [1.29, 1.82) is 0 Å². The molecular formula is C17H15FN2O. The smallest absolute Gasteiger partial charge is 0.144 e. The molecule has 3 nitrogen and oxygen atoms in total. The number of phenolic OH excluding ortho intramolecular Hbond substituents is 1. The largest absolute Gasteiger partial charge is 0.508 e. The second-order valence-corrected chi connectivity index (χ2v) is 5.69. The summed E-state index contributed by atoms with van der Waals surface area (Å²) in [7, 11) is 0. The van der Waals surface area contributed by atoms with Gasteiger partial charge in [0.2, 0.25) is 0 Å². The molecule has 0 radical (unpaired) electrons. The number of fused-ring (bicyclic) bond motifs is 1. The monoisotopic (exact) mass is 282 g/mol. The lowest BCUT2D eigenvalue weighted by molar-refractivity contribution is 0.469. The first kappa shape index (κ1) is 12.4. The van der Waals surface area contributed by atoms with E-state index in [1.807, 2.05) is 13.0 Å². The Balaban J connectivity index is 2.01. The van der Waals surface area contributed by atoms with Crippen LogP contribution in [0.1, 0.15) is 24.4 Å². The highest BCUT2D eigenvalue weighted by Crippen LogP contribution is 2.42. The van der Waals surface area contributed by atoms with E-state index < -0.39 is 5.82 Å². The zero-order valence-corrected chi connectivity index (χ0v) is 11.7. The van der Waals surface area contributed by atoms with Crippen molar-refractivity contribution in [2.45, 2.75) is 25.8 Å². The van der Waals surface area contributed by atoms with Crippen molar-refractivity contribution in [3.63, 3.8) is 0 Å². The molecule has 0 amide bonds. The van der Waals surface area contributed by atoms with E-state index in [9.17, 15) is 9.50 Å². The average Bonchev–Trinajstić information content (AvgIpc) is 3.20. The third kappa shape index (κ3) is 1.98. The van der Waals surface area contributed by atoms with Gasteiger partial charge in [0.15, 0.2) is 0 Å². The molecular weight excluding hydrogens is 267 g/mol. The average molecular weight is 282 g/mol. The van der Waals surface area contributed by atoms with Gasteiger partial charge in [-0.3, -0.25) is 0 Å². The predicted octanol–water partition coefficient (Wildman–Crippen LogP) is 4.19. The summed E-state index contributed by atoms with van der Waals surface area (Å²) in [5.41, 5.74) is 3.52. The van der Waals surface area contributed by atoms with E-state index in [1.54, 1.807) is 6.07 Å². The number of imidazole rings is 1. The zero-order valence-electron chi connectivity index (χ0n) is 11.7. The molecule has 2 aromatic carbocycles. The molecule has 21 heavy (non-hydrogen) atoms. The first-order chi connectivity index (χ1) is 10.1. The van der Waals surface area contributed by atoms with Crippen LogP contribution >= 0.6 is 0 Å². The van der Waals surface area contributed by atoms with Crippen molar-refractivity contribution in [2.24, 2.45) is 0 Å². The van der Waals surface area contributed by atoms with E-state index in [4.69, 9.17) is 0 Å². The number of hydrogen-bond donors (Lipinski definition) is 1. The molecule has 1 N–H and O–H groups in total. The SMILES string of the molecule is Cc1ccc2c(c1)nc(-c1ccc(O)cc1F)n2C1CC1. The van der Waals surface area contributed by atoms with Gasteiger partial charge >= 0.3 is 0 Å². The number of hydrogen-bond acceptors (Lipinski definition) is 2. The molecule has 3 aromatic rings. The minimum atomic E-state index is -0.441. The van der Waals surface area contributed by atoms with Gasteiger partial charge in [0.1, 0.15) is 17.4 Å². The molecule has 0 aliphatic heterocycles. The Kier molecular flexibility index (Phi) is 2.55. The molecule has 0 atom stereocenters. The third-order valence-electron chi connectivity index (χ3n) is 3.95. The minimum absolute atomic E-state index is 0.0684. The molecule has 1 aliphatic rings. The van der Waals surface area contributed by atoms with Gasteiger partial charge < -0.3 is 9.67 Å². The van der Waals surface area contributed by atoms with Crippen LogP contribution in [-0.4, -0.2) is 14.7 Å². The Morgan fingerprint density at radius 1 is 1.19 bits per heavy atom. The third-order valence-corrected chi connectivity index (χ3v) is 3.95. The van der Waals surface area contributed by atoms with Crippen molar-refractivity contribution in [2.75, 3.05) is 0 Å². The lowest BCUT2D eigenvalue weighted by Gasteiger charge is -2.08. The normalized spacial score (nSPS) is 14.8. The van der Waals surface area contributed by atoms with Crippen molar-refractivity contribution >= 4 is 11.0 Å². The number of rotatable bonds is 2. The van der Waals surface area contributed by atoms with Gasteiger partial charge in [0.05, 0.1) is 16.6 Å². The van der Waals surface area contributed by atoms with E-state index in [1.165, 1.54) is 6.07 Å². The quantitative estimate of drug-likeness (QED) is 0.765. The maximum atomic E-state index is 14.2. The van der Waals surface area contributed by atoms with E-state index in [0.29, 0.717) is 17.4 Å². The Morgan fingerprint density at radius 2 is 2.00 bits per heavy atom. The van der Waals surface area contributed by atoms with Gasteiger partial charge in [-0.15, -0.1) is 0 Å². The van der Waals surface area contributed by atoms with Crippen molar-refractivity contribution in [3.8, 4) is 17.1 Å². The fourth-order valence-electron chi connectivity index (χ4n) is 2.79. The Labute approximate surface area is 121 Å². The van der Waals surface area contributed by atoms with Crippen LogP contribution in [0.5, 0.6) is 5.75 Å². The molecule has 1 fully saturated rings. The number of benzene rings is 2. The maximum Gasteiger partial charge on any atom is 0.144 e. The van der Waals surface area contributed by atoms with Crippen LogP contribution in [0.3, 0.4) is 0 Å². The van der Waals surface area contributed by atoms with Crippen LogP contribution in [-0.2, 0) is 0 Å². The fraction of sp³-hybridized carbons (Fsp3) is 0.235. The van der Waals surface area contributed by atoms with Gasteiger partial charge in [-0.25, -0.2) is 9.37 Å². The highest BCUT2D eigenvalue weighted by Gasteiger charge is 2.29. The second kappa shape index (κ2) is 4.32. The van der Waals surface area contributed by atoms with Gasteiger partial charge in [0, 0.05) is 12.1 Å². The van der Waals surface area contributed by atoms with Gasteiger partial charge in [0.25, 0.3) is 0 Å². The maximum absolute atomic E-state index is 14.2. The summed E-state index contributed by atoms with van der Waals surface area (Å²) in [5, 5.41) is 9.38. The predicted molar refractivity (Wildman–Crippen MR) is 79.8 cm³/mol. The van der Waals surface area contributed by atoms with Crippen LogP contribution in [0.2, 0.25) is 0 Å². The van der Waals surface area contributed by atoms with Crippen LogP contribution < -0.4 is 0 Å². The summed E-state index contributed by atoms with van der Waals surface area (Å²) in [6.07, 6.45) is 2.21. The summed E-state index contributed by atoms with van der Waals surface area (Å²) in [5.74, 6) is 0.140. The van der Waals surface area contributed by atoms with Crippen molar-refractivity contribution in [3.05, 3.63) is 47.8 Å². The summed E-state index contributed by atoms with van der Waals surface area (Å²) in [6.45, 7) is 2.02. The van der Waals surface area contributed by atoms with Gasteiger partial charge in [-0.1, -0.05) is 6.07 Å². The van der Waals surface area contributed by atoms with Gasteiger partial charge in [-0.05, 0) is 49.6 Å². The van der Waals surface area contributed by atoms with E-state index in [0.717, 1.165) is 35.5 Å². The highest BCUT2D eigenvalue weighted by molar-refractivity contribution is 5.82. The Bertz CT molecular complexity index is 849. The first-order valence-electron chi connectivity index (χ1n) is 7.11. The molecule has 0 saturated heterocycles. The number of nitrogens with zero attached hydrogens (tertiary/aromatic N) is 2. The topological polar surface area (TPSA) is 38.1 Å². The van der Waals surface area contributed by atoms with E-state index in [-0.39, 0.29) is 5.75 Å². The molecule has 0 bridgehead atoms. The molecule has 1 saturated carbocycles. The van der Waals surface area contributed by atoms with Crippen LogP contribution in [0.4, 0.5) is 4.39 Å². The fourth-order valence-corrected chi connectivity index (χ4v) is 2.79. The Hall–Kier alpha value is -2.36. The molecule has 0 spiro atoms. The number of aromatic hydroxyl groups is 1. The zero-order chi connectivity index (χ0) is 14.6. The molecule has 106 valence electrons. The lowest BCUT2D eigenvalue weighted by atomic mass is 10.2. The summed E-state index contributed by atoms with van der Waals surface area (Å²) >= 11 is 0. The summed E-state index contributed by atoms with van der Waals surface area (Å²) in [4.78, 5) is 4.64. The van der Waals surface area contributed by atoms with E-state index in [2.05, 4.69) is 21.7 Å². The number of phenols is 1. The summed E-state index contributed by atoms with van der Waals surface area (Å²) in [6, 6.07) is 10.8. The molecule has 4 rings (SSSR count). The molecule has 0 unspecified atom stereocenters. The van der Waals surface area contributed by atoms with Crippen LogP contribution in [0.25, 0.3) is 22.4 Å². The van der Waals surface area contributed by atoms with E-state index >= 15 is 0 Å².